The monoisotopic (exact) mass is 401 g/mol. The lowest BCUT2D eigenvalue weighted by atomic mass is 9.87. The van der Waals surface area contributed by atoms with Crippen LogP contribution in [0.15, 0.2) is 42.5 Å². The number of rotatable bonds is 7. The quantitative estimate of drug-likeness (QED) is 0.680. The van der Waals surface area contributed by atoms with Gasteiger partial charge in [0.15, 0.2) is 6.10 Å². The molecule has 29 heavy (non-hydrogen) atoms. The van der Waals surface area contributed by atoms with Gasteiger partial charge in [-0.15, -0.1) is 0 Å². The van der Waals surface area contributed by atoms with Gasteiger partial charge in [-0.3, -0.25) is 4.79 Å². The molecule has 2 unspecified atom stereocenters. The zero-order chi connectivity index (χ0) is 21.4. The summed E-state index contributed by atoms with van der Waals surface area (Å²) >= 11 is 0. The molecule has 1 saturated carbocycles. The predicted molar refractivity (Wildman–Crippen MR) is 110 cm³/mol. The van der Waals surface area contributed by atoms with Crippen LogP contribution in [0.25, 0.3) is 0 Å². The molecule has 1 aliphatic carbocycles. The molecule has 1 aliphatic rings. The SMILES string of the molecule is CC(Oc1ccccc1C(C)C)C(=O)NCC1(c2ccc(F)cc2F)CC1(C)C. The first-order valence-electron chi connectivity index (χ1n) is 10.1. The molecule has 0 aliphatic heterocycles. The molecular weight excluding hydrogens is 372 g/mol. The Hall–Kier alpha value is -2.43. The minimum absolute atomic E-state index is 0.187. The summed E-state index contributed by atoms with van der Waals surface area (Å²) < 4.78 is 33.7. The molecule has 0 spiro atoms. The van der Waals surface area contributed by atoms with Crippen molar-refractivity contribution >= 4 is 5.91 Å². The van der Waals surface area contributed by atoms with Gasteiger partial charge in [0.1, 0.15) is 17.4 Å². The van der Waals surface area contributed by atoms with Gasteiger partial charge < -0.3 is 10.1 Å². The van der Waals surface area contributed by atoms with E-state index < -0.39 is 23.2 Å². The second kappa shape index (κ2) is 7.77. The molecule has 2 atom stereocenters. The minimum Gasteiger partial charge on any atom is -0.481 e. The van der Waals surface area contributed by atoms with Crippen LogP contribution in [-0.2, 0) is 10.2 Å². The Morgan fingerprint density at radius 1 is 1.14 bits per heavy atom. The molecule has 0 saturated heterocycles. The van der Waals surface area contributed by atoms with Crippen LogP contribution in [0.1, 0.15) is 58.1 Å². The number of ether oxygens (including phenoxy) is 1. The second-order valence-corrected chi connectivity index (χ2v) is 8.94. The molecule has 2 aromatic rings. The molecule has 1 N–H and O–H groups in total. The van der Waals surface area contributed by atoms with E-state index in [9.17, 15) is 13.6 Å². The van der Waals surface area contributed by atoms with Gasteiger partial charge in [0.05, 0.1) is 0 Å². The molecule has 1 fully saturated rings. The van der Waals surface area contributed by atoms with Gasteiger partial charge in [0, 0.05) is 18.0 Å². The van der Waals surface area contributed by atoms with Gasteiger partial charge in [0.25, 0.3) is 5.91 Å². The Kier molecular flexibility index (Phi) is 5.70. The van der Waals surface area contributed by atoms with Gasteiger partial charge >= 0.3 is 0 Å². The number of halogens is 2. The molecule has 0 heterocycles. The first-order chi connectivity index (χ1) is 13.6. The average molecular weight is 401 g/mol. The third-order valence-corrected chi connectivity index (χ3v) is 6.14. The first-order valence-corrected chi connectivity index (χ1v) is 10.1. The molecule has 0 aromatic heterocycles. The summed E-state index contributed by atoms with van der Waals surface area (Å²) in [6, 6.07) is 11.3. The molecule has 3 rings (SSSR count). The topological polar surface area (TPSA) is 38.3 Å². The summed E-state index contributed by atoms with van der Waals surface area (Å²) in [5.74, 6) is -0.461. The third kappa shape index (κ3) is 4.14. The average Bonchev–Trinajstić information content (AvgIpc) is 3.21. The van der Waals surface area contributed by atoms with Crippen molar-refractivity contribution in [3.8, 4) is 5.75 Å². The van der Waals surface area contributed by atoms with Gasteiger partial charge in [-0.2, -0.15) is 0 Å². The molecule has 5 heteroatoms. The van der Waals surface area contributed by atoms with E-state index in [4.69, 9.17) is 4.74 Å². The van der Waals surface area contributed by atoms with E-state index in [0.29, 0.717) is 17.7 Å². The van der Waals surface area contributed by atoms with Crippen molar-refractivity contribution in [3.63, 3.8) is 0 Å². The lowest BCUT2D eigenvalue weighted by molar-refractivity contribution is -0.127. The number of para-hydroxylation sites is 1. The maximum absolute atomic E-state index is 14.4. The first kappa shape index (κ1) is 21.3. The van der Waals surface area contributed by atoms with Crippen LogP contribution < -0.4 is 10.1 Å². The van der Waals surface area contributed by atoms with Crippen molar-refractivity contribution in [2.24, 2.45) is 5.41 Å². The molecule has 0 radical (unpaired) electrons. The maximum atomic E-state index is 14.4. The van der Waals surface area contributed by atoms with Crippen molar-refractivity contribution in [3.05, 3.63) is 65.2 Å². The molecular formula is C24H29F2NO2. The van der Waals surface area contributed by atoms with Crippen LogP contribution in [0.4, 0.5) is 8.78 Å². The van der Waals surface area contributed by atoms with E-state index in [1.54, 1.807) is 6.92 Å². The lowest BCUT2D eigenvalue weighted by Crippen LogP contribution is -2.42. The largest absolute Gasteiger partial charge is 0.481 e. The Balaban J connectivity index is 1.71. The minimum atomic E-state index is -0.688. The summed E-state index contributed by atoms with van der Waals surface area (Å²) in [6.07, 6.45) is 0.0284. The zero-order valence-electron chi connectivity index (χ0n) is 17.7. The molecule has 156 valence electrons. The highest BCUT2D eigenvalue weighted by Gasteiger charge is 2.62. The molecule has 3 nitrogen and oxygen atoms in total. The van der Waals surface area contributed by atoms with Crippen molar-refractivity contribution in [2.75, 3.05) is 6.54 Å². The van der Waals surface area contributed by atoms with Crippen molar-refractivity contribution < 1.29 is 18.3 Å². The fourth-order valence-corrected chi connectivity index (χ4v) is 4.14. The maximum Gasteiger partial charge on any atom is 0.260 e. The van der Waals surface area contributed by atoms with Gasteiger partial charge in [-0.05, 0) is 47.9 Å². The summed E-state index contributed by atoms with van der Waals surface area (Å²) in [5.41, 5.74) is 0.756. The van der Waals surface area contributed by atoms with Gasteiger partial charge in [-0.25, -0.2) is 8.78 Å². The van der Waals surface area contributed by atoms with Crippen LogP contribution in [-0.4, -0.2) is 18.6 Å². The van der Waals surface area contributed by atoms with Crippen LogP contribution in [0.5, 0.6) is 5.75 Å². The summed E-state index contributed by atoms with van der Waals surface area (Å²) in [4.78, 5) is 12.7. The van der Waals surface area contributed by atoms with E-state index in [1.807, 2.05) is 38.1 Å². The smallest absolute Gasteiger partial charge is 0.260 e. The van der Waals surface area contributed by atoms with Crippen molar-refractivity contribution in [1.29, 1.82) is 0 Å². The molecule has 1 amide bonds. The van der Waals surface area contributed by atoms with Crippen LogP contribution in [0, 0.1) is 17.0 Å². The zero-order valence-corrected chi connectivity index (χ0v) is 17.7. The Bertz CT molecular complexity index is 910. The van der Waals surface area contributed by atoms with Crippen LogP contribution >= 0.6 is 0 Å². The summed E-state index contributed by atoms with van der Waals surface area (Å²) in [6.45, 7) is 10.2. The fraction of sp³-hybridized carbons (Fsp3) is 0.458. The second-order valence-electron chi connectivity index (χ2n) is 8.94. The number of nitrogens with one attached hydrogen (secondary N) is 1. The third-order valence-electron chi connectivity index (χ3n) is 6.14. The summed E-state index contributed by atoms with van der Waals surface area (Å²) in [5, 5.41) is 2.93. The highest BCUT2D eigenvalue weighted by atomic mass is 19.1. The van der Waals surface area contributed by atoms with Crippen LogP contribution in [0.2, 0.25) is 0 Å². The highest BCUT2D eigenvalue weighted by molar-refractivity contribution is 5.81. The number of amides is 1. The predicted octanol–water partition coefficient (Wildman–Crippen LogP) is 5.34. The number of hydrogen-bond donors (Lipinski definition) is 1. The Labute approximate surface area is 171 Å². The summed E-state index contributed by atoms with van der Waals surface area (Å²) in [7, 11) is 0. The number of benzene rings is 2. The molecule has 0 bridgehead atoms. The normalized spacial score (nSPS) is 21.0. The Morgan fingerprint density at radius 2 is 1.79 bits per heavy atom. The van der Waals surface area contributed by atoms with E-state index >= 15 is 0 Å². The van der Waals surface area contributed by atoms with E-state index in [0.717, 1.165) is 11.6 Å². The number of carbonyl (C=O) groups is 1. The highest BCUT2D eigenvalue weighted by Crippen LogP contribution is 2.64. The van der Waals surface area contributed by atoms with Crippen molar-refractivity contribution in [2.45, 2.75) is 58.5 Å². The van der Waals surface area contributed by atoms with E-state index in [1.165, 1.54) is 12.1 Å². The Morgan fingerprint density at radius 3 is 2.38 bits per heavy atom. The molecule has 2 aromatic carbocycles. The number of hydrogen-bond acceptors (Lipinski definition) is 2. The van der Waals surface area contributed by atoms with E-state index in [-0.39, 0.29) is 23.8 Å². The standard InChI is InChI=1S/C24H29F2NO2/c1-15(2)18-8-6-7-9-21(18)29-16(3)22(28)27-14-24(13-23(24,4)5)19-11-10-17(25)12-20(19)26/h6-12,15-16H,13-14H2,1-5H3,(H,27,28). The fourth-order valence-electron chi connectivity index (χ4n) is 4.14. The van der Waals surface area contributed by atoms with Crippen LogP contribution in [0.3, 0.4) is 0 Å². The van der Waals surface area contributed by atoms with Gasteiger partial charge in [-0.1, -0.05) is 52.0 Å². The van der Waals surface area contributed by atoms with Gasteiger partial charge in [0.2, 0.25) is 0 Å². The number of carbonyl (C=O) groups excluding carboxylic acids is 1. The lowest BCUT2D eigenvalue weighted by Gasteiger charge is -2.24. The van der Waals surface area contributed by atoms with E-state index in [2.05, 4.69) is 19.2 Å². The van der Waals surface area contributed by atoms with Crippen molar-refractivity contribution in [1.82, 2.24) is 5.32 Å².